The fourth-order valence-electron chi connectivity index (χ4n) is 2.74. The van der Waals surface area contributed by atoms with Crippen molar-refractivity contribution in [1.29, 1.82) is 0 Å². The number of nitrogens with one attached hydrogen (secondary N) is 1. The Morgan fingerprint density at radius 1 is 1.30 bits per heavy atom. The average molecular weight is 271 g/mol. The molecule has 0 amide bonds. The van der Waals surface area contributed by atoms with Gasteiger partial charge in [0, 0.05) is 31.9 Å². The normalized spacial score (nSPS) is 12.6. The second kappa shape index (κ2) is 6.71. The fraction of sp³-hybridized carbons (Fsp3) is 0.471. The van der Waals surface area contributed by atoms with Crippen LogP contribution in [0.2, 0.25) is 0 Å². The SMILES string of the molecule is CCNC(CCc1nccn1C)c1ccc(C)cc1C. The van der Waals surface area contributed by atoms with Crippen LogP contribution in [0, 0.1) is 13.8 Å². The molecule has 2 aromatic rings. The molecule has 0 aliphatic carbocycles. The highest BCUT2D eigenvalue weighted by atomic mass is 15.0. The molecule has 0 radical (unpaired) electrons. The van der Waals surface area contributed by atoms with E-state index in [0.29, 0.717) is 6.04 Å². The Bertz CT molecular complexity index is 557. The zero-order chi connectivity index (χ0) is 14.5. The molecule has 2 rings (SSSR count). The van der Waals surface area contributed by atoms with Gasteiger partial charge in [0.1, 0.15) is 5.82 Å². The van der Waals surface area contributed by atoms with Gasteiger partial charge in [-0.2, -0.15) is 0 Å². The van der Waals surface area contributed by atoms with Crippen molar-refractivity contribution in [2.24, 2.45) is 7.05 Å². The molecule has 1 unspecified atom stereocenters. The first kappa shape index (κ1) is 14.8. The van der Waals surface area contributed by atoms with E-state index in [1.54, 1.807) is 0 Å². The van der Waals surface area contributed by atoms with Gasteiger partial charge in [0.2, 0.25) is 0 Å². The van der Waals surface area contributed by atoms with Gasteiger partial charge in [-0.25, -0.2) is 4.98 Å². The van der Waals surface area contributed by atoms with Crippen molar-refractivity contribution in [2.75, 3.05) is 6.54 Å². The number of nitrogens with zero attached hydrogens (tertiary/aromatic N) is 2. The predicted octanol–water partition coefficient (Wildman–Crippen LogP) is 3.32. The molecule has 0 aliphatic rings. The van der Waals surface area contributed by atoms with Gasteiger partial charge >= 0.3 is 0 Å². The van der Waals surface area contributed by atoms with E-state index in [1.807, 2.05) is 12.4 Å². The number of benzene rings is 1. The summed E-state index contributed by atoms with van der Waals surface area (Å²) in [6.45, 7) is 7.50. The fourth-order valence-corrected chi connectivity index (χ4v) is 2.74. The maximum Gasteiger partial charge on any atom is 0.108 e. The lowest BCUT2D eigenvalue weighted by Crippen LogP contribution is -2.22. The Balaban J connectivity index is 2.12. The van der Waals surface area contributed by atoms with Crippen LogP contribution in [-0.2, 0) is 13.5 Å². The van der Waals surface area contributed by atoms with Gasteiger partial charge < -0.3 is 9.88 Å². The molecule has 0 fully saturated rings. The highest BCUT2D eigenvalue weighted by Gasteiger charge is 2.14. The van der Waals surface area contributed by atoms with Gasteiger partial charge in [-0.05, 0) is 37.9 Å². The Labute approximate surface area is 122 Å². The van der Waals surface area contributed by atoms with Gasteiger partial charge in [-0.3, -0.25) is 0 Å². The molecular weight excluding hydrogens is 246 g/mol. The Kier molecular flexibility index (Phi) is 4.96. The smallest absolute Gasteiger partial charge is 0.108 e. The van der Waals surface area contributed by atoms with Crippen LogP contribution in [0.4, 0.5) is 0 Å². The molecule has 1 aromatic heterocycles. The minimum atomic E-state index is 0.400. The number of aryl methyl sites for hydroxylation is 4. The van der Waals surface area contributed by atoms with Crippen LogP contribution in [-0.4, -0.2) is 16.1 Å². The zero-order valence-corrected chi connectivity index (χ0v) is 13.0. The highest BCUT2D eigenvalue weighted by Crippen LogP contribution is 2.23. The molecule has 0 bridgehead atoms. The lowest BCUT2D eigenvalue weighted by molar-refractivity contribution is 0.503. The number of aromatic nitrogens is 2. The molecule has 1 aromatic carbocycles. The van der Waals surface area contributed by atoms with E-state index >= 15 is 0 Å². The van der Waals surface area contributed by atoms with E-state index < -0.39 is 0 Å². The molecule has 1 N–H and O–H groups in total. The van der Waals surface area contributed by atoms with Gasteiger partial charge in [0.15, 0.2) is 0 Å². The summed E-state index contributed by atoms with van der Waals surface area (Å²) < 4.78 is 2.10. The summed E-state index contributed by atoms with van der Waals surface area (Å²) in [5.41, 5.74) is 4.10. The molecule has 0 saturated carbocycles. The van der Waals surface area contributed by atoms with Crippen molar-refractivity contribution in [3.63, 3.8) is 0 Å². The molecule has 1 heterocycles. The zero-order valence-electron chi connectivity index (χ0n) is 13.0. The molecule has 3 nitrogen and oxygen atoms in total. The Morgan fingerprint density at radius 3 is 2.70 bits per heavy atom. The van der Waals surface area contributed by atoms with Crippen molar-refractivity contribution < 1.29 is 0 Å². The van der Waals surface area contributed by atoms with Crippen LogP contribution in [0.5, 0.6) is 0 Å². The minimum Gasteiger partial charge on any atom is -0.338 e. The van der Waals surface area contributed by atoms with Crippen LogP contribution in [0.15, 0.2) is 30.6 Å². The van der Waals surface area contributed by atoms with E-state index in [0.717, 1.165) is 25.2 Å². The van der Waals surface area contributed by atoms with Crippen molar-refractivity contribution in [3.05, 3.63) is 53.1 Å². The topological polar surface area (TPSA) is 29.9 Å². The summed E-state index contributed by atoms with van der Waals surface area (Å²) in [5.74, 6) is 1.15. The van der Waals surface area contributed by atoms with Gasteiger partial charge in [-0.15, -0.1) is 0 Å². The predicted molar refractivity (Wildman–Crippen MR) is 83.9 cm³/mol. The van der Waals surface area contributed by atoms with E-state index in [-0.39, 0.29) is 0 Å². The summed E-state index contributed by atoms with van der Waals surface area (Å²) >= 11 is 0. The van der Waals surface area contributed by atoms with E-state index in [4.69, 9.17) is 0 Å². The first-order chi connectivity index (χ1) is 9.61. The quantitative estimate of drug-likeness (QED) is 0.873. The number of rotatable bonds is 6. The Hall–Kier alpha value is -1.61. The largest absolute Gasteiger partial charge is 0.338 e. The lowest BCUT2D eigenvalue weighted by atomic mass is 9.96. The third kappa shape index (κ3) is 3.48. The number of imidazole rings is 1. The molecule has 20 heavy (non-hydrogen) atoms. The van der Waals surface area contributed by atoms with Crippen LogP contribution < -0.4 is 5.32 Å². The summed E-state index contributed by atoms with van der Waals surface area (Å²) in [4.78, 5) is 4.41. The lowest BCUT2D eigenvalue weighted by Gasteiger charge is -2.20. The van der Waals surface area contributed by atoms with Crippen LogP contribution >= 0.6 is 0 Å². The molecule has 108 valence electrons. The average Bonchev–Trinajstić information content (AvgIpc) is 2.81. The Morgan fingerprint density at radius 2 is 2.10 bits per heavy atom. The molecule has 0 aliphatic heterocycles. The number of hydrogen-bond acceptors (Lipinski definition) is 2. The standard InChI is InChI=1S/C17H25N3/c1-5-18-16(8-9-17-19-10-11-20(17)4)15-7-6-13(2)12-14(15)3/h6-7,10-12,16,18H,5,8-9H2,1-4H3. The van der Waals surface area contributed by atoms with E-state index in [2.05, 4.69) is 60.9 Å². The van der Waals surface area contributed by atoms with Gasteiger partial charge in [-0.1, -0.05) is 30.7 Å². The number of hydrogen-bond donors (Lipinski definition) is 1. The van der Waals surface area contributed by atoms with Crippen molar-refractivity contribution in [1.82, 2.24) is 14.9 Å². The highest BCUT2D eigenvalue weighted by molar-refractivity contribution is 5.32. The molecule has 0 spiro atoms. The van der Waals surface area contributed by atoms with Gasteiger partial charge in [0.05, 0.1) is 0 Å². The molecular formula is C17H25N3. The van der Waals surface area contributed by atoms with Crippen molar-refractivity contribution >= 4 is 0 Å². The summed E-state index contributed by atoms with van der Waals surface area (Å²) in [7, 11) is 2.06. The summed E-state index contributed by atoms with van der Waals surface area (Å²) in [6, 6.07) is 7.13. The van der Waals surface area contributed by atoms with Crippen molar-refractivity contribution in [3.8, 4) is 0 Å². The van der Waals surface area contributed by atoms with Crippen LogP contribution in [0.25, 0.3) is 0 Å². The third-order valence-electron chi connectivity index (χ3n) is 3.83. The second-order valence-electron chi connectivity index (χ2n) is 5.46. The first-order valence-corrected chi connectivity index (χ1v) is 7.38. The first-order valence-electron chi connectivity index (χ1n) is 7.38. The van der Waals surface area contributed by atoms with E-state index in [9.17, 15) is 0 Å². The van der Waals surface area contributed by atoms with E-state index in [1.165, 1.54) is 16.7 Å². The third-order valence-corrected chi connectivity index (χ3v) is 3.83. The molecule has 0 saturated heterocycles. The maximum atomic E-state index is 4.41. The van der Waals surface area contributed by atoms with Crippen LogP contribution in [0.1, 0.15) is 41.9 Å². The minimum absolute atomic E-state index is 0.400. The summed E-state index contributed by atoms with van der Waals surface area (Å²) in [6.07, 6.45) is 5.94. The monoisotopic (exact) mass is 271 g/mol. The molecule has 3 heteroatoms. The second-order valence-corrected chi connectivity index (χ2v) is 5.46. The maximum absolute atomic E-state index is 4.41. The summed E-state index contributed by atoms with van der Waals surface area (Å²) in [5, 5.41) is 3.60. The van der Waals surface area contributed by atoms with Crippen LogP contribution in [0.3, 0.4) is 0 Å². The molecule has 1 atom stereocenters. The van der Waals surface area contributed by atoms with Gasteiger partial charge in [0.25, 0.3) is 0 Å². The van der Waals surface area contributed by atoms with Crippen molar-refractivity contribution in [2.45, 2.75) is 39.7 Å².